The lowest BCUT2D eigenvalue weighted by atomic mass is 9.91. The van der Waals surface area contributed by atoms with Crippen molar-refractivity contribution in [2.45, 2.75) is 84.7 Å². The molecule has 2 nitrogen and oxygen atoms in total. The zero-order chi connectivity index (χ0) is 14.8. The zero-order valence-electron chi connectivity index (χ0n) is 13.8. The minimum atomic E-state index is 0.0421. The minimum Gasteiger partial charge on any atom is -0.303 e. The van der Waals surface area contributed by atoms with Crippen LogP contribution in [0.15, 0.2) is 0 Å². The fourth-order valence-electron chi connectivity index (χ4n) is 3.04. The van der Waals surface area contributed by atoms with Crippen molar-refractivity contribution in [2.75, 3.05) is 0 Å². The van der Waals surface area contributed by atoms with Crippen molar-refractivity contribution in [3.05, 3.63) is 15.6 Å². The maximum Gasteiger partial charge on any atom is 0.113 e. The summed E-state index contributed by atoms with van der Waals surface area (Å²) in [7, 11) is 0. The average Bonchev–Trinajstić information content (AvgIpc) is 2.80. The Morgan fingerprint density at radius 1 is 1.20 bits per heavy atom. The minimum absolute atomic E-state index is 0.0421. The quantitative estimate of drug-likeness (QED) is 0.824. The molecule has 0 saturated carbocycles. The molecule has 1 aromatic heterocycles. The molecule has 0 amide bonds. The van der Waals surface area contributed by atoms with Gasteiger partial charge < -0.3 is 5.32 Å². The van der Waals surface area contributed by atoms with Crippen LogP contribution >= 0.6 is 11.3 Å². The van der Waals surface area contributed by atoms with Gasteiger partial charge in [-0.25, -0.2) is 4.98 Å². The van der Waals surface area contributed by atoms with E-state index in [1.54, 1.807) is 4.88 Å². The topological polar surface area (TPSA) is 24.9 Å². The fraction of sp³-hybridized carbons (Fsp3) is 0.824. The smallest absolute Gasteiger partial charge is 0.113 e. The van der Waals surface area contributed by atoms with Crippen molar-refractivity contribution in [1.82, 2.24) is 10.3 Å². The standard InChI is InChI=1S/C17H30N2S/c1-12(2)10-11-17(5,19-13(3)4)16-18-14-8-6-7-9-15(14)20-16/h12-13,19H,6-11H2,1-5H3. The fourth-order valence-corrected chi connectivity index (χ4v) is 4.33. The largest absolute Gasteiger partial charge is 0.303 e. The molecule has 2 rings (SSSR count). The first kappa shape index (κ1) is 16.0. The monoisotopic (exact) mass is 294 g/mol. The van der Waals surface area contributed by atoms with E-state index in [1.807, 2.05) is 11.3 Å². The van der Waals surface area contributed by atoms with Gasteiger partial charge in [0.2, 0.25) is 0 Å². The molecular formula is C17H30N2S. The lowest BCUT2D eigenvalue weighted by Gasteiger charge is -2.32. The first-order valence-electron chi connectivity index (χ1n) is 8.17. The van der Waals surface area contributed by atoms with E-state index in [1.165, 1.54) is 49.2 Å². The Morgan fingerprint density at radius 3 is 2.50 bits per heavy atom. The van der Waals surface area contributed by atoms with Gasteiger partial charge in [0, 0.05) is 10.9 Å². The van der Waals surface area contributed by atoms with Crippen LogP contribution in [0.5, 0.6) is 0 Å². The van der Waals surface area contributed by atoms with Gasteiger partial charge in [0.15, 0.2) is 0 Å². The maximum atomic E-state index is 5.01. The van der Waals surface area contributed by atoms with Gasteiger partial charge in [0.05, 0.1) is 11.2 Å². The van der Waals surface area contributed by atoms with Crippen LogP contribution in [0.2, 0.25) is 0 Å². The van der Waals surface area contributed by atoms with E-state index in [0.29, 0.717) is 6.04 Å². The second-order valence-corrected chi connectivity index (χ2v) is 8.24. The number of hydrogen-bond acceptors (Lipinski definition) is 3. The molecule has 114 valence electrons. The molecule has 1 atom stereocenters. The molecule has 0 spiro atoms. The summed E-state index contributed by atoms with van der Waals surface area (Å²) in [4.78, 5) is 6.56. The molecule has 1 N–H and O–H groups in total. The van der Waals surface area contributed by atoms with E-state index < -0.39 is 0 Å². The van der Waals surface area contributed by atoms with Crippen molar-refractivity contribution in [1.29, 1.82) is 0 Å². The summed E-state index contributed by atoms with van der Waals surface area (Å²) in [6.07, 6.45) is 7.52. The molecule has 1 aromatic rings. The van der Waals surface area contributed by atoms with Crippen LogP contribution in [0.3, 0.4) is 0 Å². The first-order valence-corrected chi connectivity index (χ1v) is 8.99. The number of nitrogens with zero attached hydrogens (tertiary/aromatic N) is 1. The van der Waals surface area contributed by atoms with Crippen LogP contribution in [0.25, 0.3) is 0 Å². The number of fused-ring (bicyclic) bond motifs is 1. The van der Waals surface area contributed by atoms with Crippen LogP contribution in [-0.4, -0.2) is 11.0 Å². The van der Waals surface area contributed by atoms with Crippen molar-refractivity contribution >= 4 is 11.3 Å². The molecule has 1 unspecified atom stereocenters. The highest BCUT2D eigenvalue weighted by molar-refractivity contribution is 7.11. The van der Waals surface area contributed by atoms with E-state index in [2.05, 4.69) is 39.9 Å². The summed E-state index contributed by atoms with van der Waals surface area (Å²) < 4.78 is 0. The van der Waals surface area contributed by atoms with Crippen molar-refractivity contribution in [3.63, 3.8) is 0 Å². The summed E-state index contributed by atoms with van der Waals surface area (Å²) in [5.74, 6) is 0.748. The second kappa shape index (κ2) is 6.57. The Kier molecular flexibility index (Phi) is 5.25. The Morgan fingerprint density at radius 2 is 1.90 bits per heavy atom. The van der Waals surface area contributed by atoms with Gasteiger partial charge >= 0.3 is 0 Å². The van der Waals surface area contributed by atoms with Gasteiger partial charge in [-0.05, 0) is 65.2 Å². The highest BCUT2D eigenvalue weighted by Gasteiger charge is 2.32. The molecule has 1 aliphatic rings. The maximum absolute atomic E-state index is 5.01. The van der Waals surface area contributed by atoms with Gasteiger partial charge in [0.1, 0.15) is 5.01 Å². The van der Waals surface area contributed by atoms with Gasteiger partial charge in [-0.3, -0.25) is 0 Å². The number of hydrogen-bond donors (Lipinski definition) is 1. The third kappa shape index (κ3) is 3.82. The van der Waals surface area contributed by atoms with Crippen molar-refractivity contribution in [3.8, 4) is 0 Å². The van der Waals surface area contributed by atoms with E-state index in [4.69, 9.17) is 4.98 Å². The molecule has 0 fully saturated rings. The van der Waals surface area contributed by atoms with Crippen LogP contribution in [0, 0.1) is 5.92 Å². The number of aryl methyl sites for hydroxylation is 2. The van der Waals surface area contributed by atoms with Crippen LogP contribution in [0.4, 0.5) is 0 Å². The molecule has 0 aliphatic heterocycles. The summed E-state index contributed by atoms with van der Waals surface area (Å²) in [5, 5.41) is 5.10. The van der Waals surface area contributed by atoms with Crippen molar-refractivity contribution in [2.24, 2.45) is 5.92 Å². The zero-order valence-corrected chi connectivity index (χ0v) is 14.6. The highest BCUT2D eigenvalue weighted by atomic mass is 32.1. The Labute approximate surface area is 128 Å². The second-order valence-electron chi connectivity index (χ2n) is 7.16. The highest BCUT2D eigenvalue weighted by Crippen LogP contribution is 2.35. The number of nitrogens with one attached hydrogen (secondary N) is 1. The first-order chi connectivity index (χ1) is 9.40. The molecule has 3 heteroatoms. The van der Waals surface area contributed by atoms with E-state index in [9.17, 15) is 0 Å². The average molecular weight is 295 g/mol. The van der Waals surface area contributed by atoms with E-state index in [0.717, 1.165) is 5.92 Å². The Bertz CT molecular complexity index is 413. The molecule has 0 saturated heterocycles. The lowest BCUT2D eigenvalue weighted by Crippen LogP contribution is -2.43. The Hall–Kier alpha value is -0.410. The van der Waals surface area contributed by atoms with Gasteiger partial charge in [0.25, 0.3) is 0 Å². The number of rotatable bonds is 6. The van der Waals surface area contributed by atoms with Gasteiger partial charge in [-0.1, -0.05) is 13.8 Å². The molecule has 1 aliphatic carbocycles. The van der Waals surface area contributed by atoms with E-state index >= 15 is 0 Å². The van der Waals surface area contributed by atoms with Crippen molar-refractivity contribution < 1.29 is 0 Å². The van der Waals surface area contributed by atoms with Crippen LogP contribution in [-0.2, 0) is 18.4 Å². The normalized spacial score (nSPS) is 18.4. The van der Waals surface area contributed by atoms with Gasteiger partial charge in [-0.2, -0.15) is 0 Å². The summed E-state index contributed by atoms with van der Waals surface area (Å²) in [5.41, 5.74) is 1.43. The summed E-state index contributed by atoms with van der Waals surface area (Å²) in [6.45, 7) is 11.4. The molecular weight excluding hydrogens is 264 g/mol. The molecule has 1 heterocycles. The molecule has 0 aromatic carbocycles. The predicted molar refractivity (Wildman–Crippen MR) is 88.5 cm³/mol. The summed E-state index contributed by atoms with van der Waals surface area (Å²) in [6, 6.07) is 0.494. The van der Waals surface area contributed by atoms with Crippen LogP contribution in [0.1, 0.15) is 75.9 Å². The Balaban J connectivity index is 2.22. The van der Waals surface area contributed by atoms with Gasteiger partial charge in [-0.15, -0.1) is 11.3 Å². The third-order valence-corrected chi connectivity index (χ3v) is 5.57. The predicted octanol–water partition coefficient (Wildman–Crippen LogP) is 4.67. The van der Waals surface area contributed by atoms with E-state index in [-0.39, 0.29) is 5.54 Å². The molecule has 0 radical (unpaired) electrons. The number of thiazole rings is 1. The third-order valence-electron chi connectivity index (χ3n) is 4.15. The van der Waals surface area contributed by atoms with Crippen LogP contribution < -0.4 is 5.32 Å². The molecule has 20 heavy (non-hydrogen) atoms. The lowest BCUT2D eigenvalue weighted by molar-refractivity contribution is 0.288. The SMILES string of the molecule is CC(C)CCC(C)(NC(C)C)c1nc2c(s1)CCCC2. The summed E-state index contributed by atoms with van der Waals surface area (Å²) >= 11 is 1.96. The number of aromatic nitrogens is 1. The molecule has 0 bridgehead atoms.